The van der Waals surface area contributed by atoms with Gasteiger partial charge in [0.25, 0.3) is 0 Å². The van der Waals surface area contributed by atoms with Gasteiger partial charge in [-0.2, -0.15) is 13.2 Å². The van der Waals surface area contributed by atoms with Gasteiger partial charge in [-0.05, 0) is 41.7 Å². The topological polar surface area (TPSA) is 94.9 Å². The highest BCUT2D eigenvalue weighted by Gasteiger charge is 2.56. The first-order valence-electron chi connectivity index (χ1n) is 9.31. The zero-order valence-corrected chi connectivity index (χ0v) is 17.5. The highest BCUT2D eigenvalue weighted by Crippen LogP contribution is 2.44. The van der Waals surface area contributed by atoms with Crippen LogP contribution in [0.15, 0.2) is 36.5 Å². The van der Waals surface area contributed by atoms with Crippen molar-refractivity contribution in [1.82, 2.24) is 9.97 Å². The molecule has 3 rings (SSSR count). The average Bonchev–Trinajstić information content (AvgIpc) is 3.00. The van der Waals surface area contributed by atoms with Gasteiger partial charge in [0.05, 0.1) is 5.52 Å². The van der Waals surface area contributed by atoms with Crippen LogP contribution >= 0.6 is 12.2 Å². The molecule has 0 fully saturated rings. The molecule has 0 spiro atoms. The van der Waals surface area contributed by atoms with Crippen LogP contribution in [-0.2, 0) is 11.8 Å². The SMILES string of the molecule is CC(C)(C[C@@](O)(Cc1cc2cc(=S)[nH]cc2[nH]1)C(F)(F)F)c1ccc(F)cc1C(N)=O. The summed E-state index contributed by atoms with van der Waals surface area (Å²) in [6.07, 6.45) is -4.99. The van der Waals surface area contributed by atoms with E-state index in [1.54, 1.807) is 6.07 Å². The molecule has 0 radical (unpaired) electrons. The van der Waals surface area contributed by atoms with Crippen molar-refractivity contribution in [2.45, 2.75) is 43.9 Å². The molecule has 0 aliphatic carbocycles. The highest BCUT2D eigenvalue weighted by atomic mass is 32.1. The van der Waals surface area contributed by atoms with E-state index in [0.717, 1.165) is 12.1 Å². The van der Waals surface area contributed by atoms with Gasteiger partial charge < -0.3 is 20.8 Å². The molecule has 2 aromatic heterocycles. The highest BCUT2D eigenvalue weighted by molar-refractivity contribution is 7.71. The molecule has 0 saturated carbocycles. The van der Waals surface area contributed by atoms with Gasteiger partial charge in [-0.15, -0.1) is 0 Å². The molecule has 1 atom stereocenters. The molecule has 0 aliphatic heterocycles. The van der Waals surface area contributed by atoms with Gasteiger partial charge in [0, 0.05) is 29.3 Å². The number of pyridine rings is 1. The predicted molar refractivity (Wildman–Crippen MR) is 111 cm³/mol. The van der Waals surface area contributed by atoms with Gasteiger partial charge in [0.2, 0.25) is 5.91 Å². The van der Waals surface area contributed by atoms with E-state index in [1.165, 1.54) is 32.2 Å². The van der Waals surface area contributed by atoms with E-state index < -0.39 is 41.8 Å². The van der Waals surface area contributed by atoms with Crippen LogP contribution in [0.2, 0.25) is 0 Å². The summed E-state index contributed by atoms with van der Waals surface area (Å²) in [6.45, 7) is 2.88. The predicted octanol–water partition coefficient (Wildman–Crippen LogP) is 4.67. The van der Waals surface area contributed by atoms with Crippen LogP contribution in [0.4, 0.5) is 17.6 Å². The van der Waals surface area contributed by atoms with E-state index in [0.29, 0.717) is 15.5 Å². The number of hydrogen-bond acceptors (Lipinski definition) is 3. The number of H-pyrrole nitrogens is 2. The average molecular weight is 455 g/mol. The van der Waals surface area contributed by atoms with Crippen LogP contribution in [0.3, 0.4) is 0 Å². The van der Waals surface area contributed by atoms with Gasteiger partial charge in [-0.3, -0.25) is 4.79 Å². The number of fused-ring (bicyclic) bond motifs is 1. The lowest BCUT2D eigenvalue weighted by atomic mass is 9.72. The van der Waals surface area contributed by atoms with Gasteiger partial charge in [-0.25, -0.2) is 4.39 Å². The van der Waals surface area contributed by atoms with E-state index in [2.05, 4.69) is 9.97 Å². The number of carbonyl (C=O) groups is 1. The fourth-order valence-corrected chi connectivity index (χ4v) is 4.11. The van der Waals surface area contributed by atoms with Crippen molar-refractivity contribution in [3.05, 3.63) is 63.8 Å². The molecule has 5 N–H and O–H groups in total. The molecule has 10 heteroatoms. The second-order valence-corrected chi connectivity index (χ2v) is 8.72. The molecule has 3 aromatic rings. The Labute approximate surface area is 180 Å². The van der Waals surface area contributed by atoms with Crippen molar-refractivity contribution < 1.29 is 27.5 Å². The Balaban J connectivity index is 2.02. The molecular formula is C21H21F4N3O2S. The third-order valence-electron chi connectivity index (χ3n) is 5.30. The number of aromatic amines is 2. The van der Waals surface area contributed by atoms with Crippen LogP contribution in [-0.4, -0.2) is 32.8 Å². The summed E-state index contributed by atoms with van der Waals surface area (Å²) in [5.41, 5.74) is 1.39. The molecule has 0 aliphatic rings. The number of carbonyl (C=O) groups excluding carboxylic acids is 1. The van der Waals surface area contributed by atoms with Crippen LogP contribution in [0, 0.1) is 10.5 Å². The fourth-order valence-electron chi connectivity index (χ4n) is 3.92. The maximum absolute atomic E-state index is 14.0. The number of hydrogen-bond donors (Lipinski definition) is 4. The Kier molecular flexibility index (Phi) is 5.74. The molecule has 2 heterocycles. The first-order valence-corrected chi connectivity index (χ1v) is 9.72. The number of nitrogens with two attached hydrogens (primary N) is 1. The molecule has 1 amide bonds. The minimum atomic E-state index is -4.98. The zero-order chi connectivity index (χ0) is 23.2. The number of rotatable bonds is 6. The molecule has 0 saturated heterocycles. The molecule has 31 heavy (non-hydrogen) atoms. The fraction of sp³-hybridized carbons (Fsp3) is 0.333. The number of alkyl halides is 3. The number of primary amides is 1. The van der Waals surface area contributed by atoms with Gasteiger partial charge >= 0.3 is 6.18 Å². The molecule has 1 aromatic carbocycles. The summed E-state index contributed by atoms with van der Waals surface area (Å²) in [5, 5.41) is 11.4. The van der Waals surface area contributed by atoms with E-state index in [4.69, 9.17) is 18.0 Å². The van der Waals surface area contributed by atoms with Gasteiger partial charge in [-0.1, -0.05) is 32.1 Å². The number of benzene rings is 1. The molecule has 0 bridgehead atoms. The maximum atomic E-state index is 14.0. The second kappa shape index (κ2) is 7.76. The van der Waals surface area contributed by atoms with Crippen molar-refractivity contribution >= 4 is 29.0 Å². The maximum Gasteiger partial charge on any atom is 0.417 e. The normalized spacial score (nSPS) is 14.5. The summed E-state index contributed by atoms with van der Waals surface area (Å²) in [7, 11) is 0. The van der Waals surface area contributed by atoms with Crippen LogP contribution in [0.1, 0.15) is 41.9 Å². The summed E-state index contributed by atoms with van der Waals surface area (Å²) in [4.78, 5) is 17.4. The summed E-state index contributed by atoms with van der Waals surface area (Å²) in [5.74, 6) is -1.71. The lowest BCUT2D eigenvalue weighted by Gasteiger charge is -2.38. The number of aromatic nitrogens is 2. The number of aliphatic hydroxyl groups is 1. The molecule has 166 valence electrons. The monoisotopic (exact) mass is 455 g/mol. The lowest BCUT2D eigenvalue weighted by Crippen LogP contribution is -2.51. The Hall–Kier alpha value is -2.72. The number of nitrogens with one attached hydrogen (secondary N) is 2. The Bertz CT molecular complexity index is 1200. The van der Waals surface area contributed by atoms with Crippen molar-refractivity contribution in [3.8, 4) is 0 Å². The van der Waals surface area contributed by atoms with E-state index in [1.807, 2.05) is 0 Å². The first-order chi connectivity index (χ1) is 14.2. The second-order valence-electron chi connectivity index (χ2n) is 8.28. The van der Waals surface area contributed by atoms with E-state index in [-0.39, 0.29) is 16.8 Å². The third-order valence-corrected chi connectivity index (χ3v) is 5.54. The van der Waals surface area contributed by atoms with Crippen molar-refractivity contribution in [2.75, 3.05) is 0 Å². The smallest absolute Gasteiger partial charge is 0.380 e. The van der Waals surface area contributed by atoms with Crippen molar-refractivity contribution in [1.29, 1.82) is 0 Å². The number of halogens is 4. The molecule has 0 unspecified atom stereocenters. The Morgan fingerprint density at radius 3 is 2.48 bits per heavy atom. The minimum Gasteiger partial charge on any atom is -0.380 e. The largest absolute Gasteiger partial charge is 0.417 e. The zero-order valence-electron chi connectivity index (χ0n) is 16.7. The lowest BCUT2D eigenvalue weighted by molar-refractivity contribution is -0.266. The molecule has 5 nitrogen and oxygen atoms in total. The molecular weight excluding hydrogens is 434 g/mol. The standard InChI is InChI=1S/C21H21F4N3O2S/c1-19(2,15-4-3-12(22)7-14(15)18(26)29)10-20(30,21(23,24)25)8-13-5-11-6-17(31)27-9-16(11)28-13/h3-7,9,28,30H,8,10H2,1-2H3,(H2,26,29)(H,27,31)/t20-/m0/s1. The quantitative estimate of drug-likeness (QED) is 0.321. The Morgan fingerprint density at radius 2 is 1.87 bits per heavy atom. The summed E-state index contributed by atoms with van der Waals surface area (Å²) in [6, 6.07) is 6.23. The van der Waals surface area contributed by atoms with Crippen LogP contribution < -0.4 is 5.73 Å². The summed E-state index contributed by atoms with van der Waals surface area (Å²) >= 11 is 5.02. The number of amides is 1. The van der Waals surface area contributed by atoms with Crippen LogP contribution in [0.5, 0.6) is 0 Å². The minimum absolute atomic E-state index is 0.117. The Morgan fingerprint density at radius 1 is 1.19 bits per heavy atom. The van der Waals surface area contributed by atoms with Crippen LogP contribution in [0.25, 0.3) is 10.9 Å². The summed E-state index contributed by atoms with van der Waals surface area (Å²) < 4.78 is 56.1. The third kappa shape index (κ3) is 4.64. The van der Waals surface area contributed by atoms with Gasteiger partial charge in [0.15, 0.2) is 5.60 Å². The van der Waals surface area contributed by atoms with Crippen molar-refractivity contribution in [2.24, 2.45) is 5.73 Å². The van der Waals surface area contributed by atoms with E-state index >= 15 is 0 Å². The van der Waals surface area contributed by atoms with Crippen molar-refractivity contribution in [3.63, 3.8) is 0 Å². The van der Waals surface area contributed by atoms with E-state index in [9.17, 15) is 27.5 Å². The first kappa shape index (κ1) is 23.0. The van der Waals surface area contributed by atoms with Gasteiger partial charge in [0.1, 0.15) is 10.5 Å².